The Morgan fingerprint density at radius 1 is 1.17 bits per heavy atom. The first-order chi connectivity index (χ1) is 11.3. The monoisotopic (exact) mass is 366 g/mol. The van der Waals surface area contributed by atoms with Gasteiger partial charge in [0.1, 0.15) is 0 Å². The summed E-state index contributed by atoms with van der Waals surface area (Å²) in [7, 11) is -3.77. The molecule has 1 N–H and O–H groups in total. The Morgan fingerprint density at radius 2 is 1.83 bits per heavy atom. The van der Waals surface area contributed by atoms with Crippen LogP contribution < -0.4 is 9.62 Å². The maximum Gasteiger partial charge on any atom is 0.242 e. The normalized spacial score (nSPS) is 11.3. The summed E-state index contributed by atoms with van der Waals surface area (Å²) in [6.45, 7) is 3.69. The van der Waals surface area contributed by atoms with E-state index in [0.717, 1.165) is 5.69 Å². The number of likely N-dealkylation sites (N-methyl/N-ethyl adjacent to an activating group) is 1. The van der Waals surface area contributed by atoms with Crippen molar-refractivity contribution in [2.24, 2.45) is 0 Å². The third-order valence-electron chi connectivity index (χ3n) is 3.54. The number of aryl methyl sites for hydroxylation is 1. The van der Waals surface area contributed by atoms with E-state index < -0.39 is 10.0 Å². The summed E-state index contributed by atoms with van der Waals surface area (Å²) >= 11 is 5.91. The van der Waals surface area contributed by atoms with Crippen LogP contribution >= 0.6 is 11.6 Å². The molecular weight excluding hydrogens is 348 g/mol. The van der Waals surface area contributed by atoms with E-state index in [1.54, 1.807) is 19.1 Å². The van der Waals surface area contributed by atoms with Gasteiger partial charge < -0.3 is 4.90 Å². The Hall–Kier alpha value is -1.89. The van der Waals surface area contributed by atoms with Crippen LogP contribution in [0.3, 0.4) is 0 Å². The second kappa shape index (κ2) is 7.79. The van der Waals surface area contributed by atoms with Gasteiger partial charge in [-0.2, -0.15) is 0 Å². The van der Waals surface area contributed by atoms with Crippen LogP contribution in [0.25, 0.3) is 0 Å². The lowest BCUT2D eigenvalue weighted by atomic mass is 10.2. The molecule has 0 aliphatic heterocycles. The average molecular weight is 367 g/mol. The van der Waals surface area contributed by atoms with Crippen molar-refractivity contribution >= 4 is 33.2 Å². The molecule has 0 atom stereocenters. The lowest BCUT2D eigenvalue weighted by Gasteiger charge is -2.21. The SMILES string of the molecule is CCN(C(=O)CNS(=O)(=O)c1ccc(Cl)c(C)c1)c1ccccc1. The van der Waals surface area contributed by atoms with Crippen LogP contribution in [0.5, 0.6) is 0 Å². The van der Waals surface area contributed by atoms with Gasteiger partial charge >= 0.3 is 0 Å². The molecular formula is C17H19ClN2O3S. The molecule has 24 heavy (non-hydrogen) atoms. The van der Waals surface area contributed by atoms with Crippen molar-refractivity contribution in [1.29, 1.82) is 0 Å². The predicted octanol–water partition coefficient (Wildman–Crippen LogP) is 2.98. The van der Waals surface area contributed by atoms with Crippen molar-refractivity contribution in [2.75, 3.05) is 18.0 Å². The molecule has 0 bridgehead atoms. The minimum atomic E-state index is -3.77. The molecule has 0 radical (unpaired) electrons. The topological polar surface area (TPSA) is 66.5 Å². The number of benzene rings is 2. The van der Waals surface area contributed by atoms with Gasteiger partial charge in [-0.05, 0) is 49.7 Å². The molecule has 0 saturated carbocycles. The van der Waals surface area contributed by atoms with Crippen LogP contribution in [0.1, 0.15) is 12.5 Å². The Labute approximate surface area is 147 Å². The lowest BCUT2D eigenvalue weighted by molar-refractivity contribution is -0.117. The Balaban J connectivity index is 2.10. The number of amides is 1. The first kappa shape index (κ1) is 18.4. The van der Waals surface area contributed by atoms with Gasteiger partial charge in [0.25, 0.3) is 0 Å². The van der Waals surface area contributed by atoms with Gasteiger partial charge in [0.2, 0.25) is 15.9 Å². The third kappa shape index (κ3) is 4.35. The van der Waals surface area contributed by atoms with Crippen molar-refractivity contribution in [1.82, 2.24) is 4.72 Å². The van der Waals surface area contributed by atoms with Crippen LogP contribution in [-0.2, 0) is 14.8 Å². The van der Waals surface area contributed by atoms with Gasteiger partial charge in [-0.3, -0.25) is 4.79 Å². The van der Waals surface area contributed by atoms with Crippen molar-refractivity contribution in [3.8, 4) is 0 Å². The molecule has 0 aromatic heterocycles. The standard InChI is InChI=1S/C17H19ClN2O3S/c1-3-20(14-7-5-4-6-8-14)17(21)12-19-24(22,23)15-9-10-16(18)13(2)11-15/h4-11,19H,3,12H2,1-2H3. The van der Waals surface area contributed by atoms with Gasteiger partial charge in [0.15, 0.2) is 0 Å². The van der Waals surface area contributed by atoms with Crippen molar-refractivity contribution < 1.29 is 13.2 Å². The highest BCUT2D eigenvalue weighted by molar-refractivity contribution is 7.89. The number of hydrogen-bond acceptors (Lipinski definition) is 3. The van der Waals surface area contributed by atoms with Gasteiger partial charge in [-0.15, -0.1) is 0 Å². The molecule has 2 aromatic carbocycles. The van der Waals surface area contributed by atoms with Crippen molar-refractivity contribution in [3.63, 3.8) is 0 Å². The average Bonchev–Trinajstić information content (AvgIpc) is 2.57. The van der Waals surface area contributed by atoms with Crippen LogP contribution in [-0.4, -0.2) is 27.4 Å². The molecule has 0 aliphatic carbocycles. The molecule has 1 amide bonds. The number of para-hydroxylation sites is 1. The molecule has 0 heterocycles. The van der Waals surface area contributed by atoms with E-state index in [-0.39, 0.29) is 17.3 Å². The van der Waals surface area contributed by atoms with E-state index in [4.69, 9.17) is 11.6 Å². The summed E-state index contributed by atoms with van der Waals surface area (Å²) in [4.78, 5) is 14.0. The number of carbonyl (C=O) groups is 1. The molecule has 2 aromatic rings. The predicted molar refractivity (Wildman–Crippen MR) is 95.8 cm³/mol. The Kier molecular flexibility index (Phi) is 5.99. The minimum absolute atomic E-state index is 0.0833. The van der Waals surface area contributed by atoms with E-state index in [1.165, 1.54) is 23.1 Å². The fourth-order valence-corrected chi connectivity index (χ4v) is 3.41. The zero-order chi connectivity index (χ0) is 17.7. The van der Waals surface area contributed by atoms with Crippen LogP contribution in [0.15, 0.2) is 53.4 Å². The number of nitrogens with one attached hydrogen (secondary N) is 1. The zero-order valence-corrected chi connectivity index (χ0v) is 15.1. The summed E-state index contributed by atoms with van der Waals surface area (Å²) in [5, 5.41) is 0.492. The third-order valence-corrected chi connectivity index (χ3v) is 5.36. The fraction of sp³-hybridized carbons (Fsp3) is 0.235. The molecule has 128 valence electrons. The number of halogens is 1. The first-order valence-electron chi connectivity index (χ1n) is 7.46. The zero-order valence-electron chi connectivity index (χ0n) is 13.5. The number of anilines is 1. The summed E-state index contributed by atoms with van der Waals surface area (Å²) < 4.78 is 27.0. The first-order valence-corrected chi connectivity index (χ1v) is 9.32. The number of hydrogen-bond donors (Lipinski definition) is 1. The number of carbonyl (C=O) groups excluding carboxylic acids is 1. The minimum Gasteiger partial charge on any atom is -0.312 e. The van der Waals surface area contributed by atoms with Crippen molar-refractivity contribution in [3.05, 3.63) is 59.1 Å². The molecule has 2 rings (SSSR count). The Bertz CT molecular complexity index is 823. The highest BCUT2D eigenvalue weighted by atomic mass is 35.5. The highest BCUT2D eigenvalue weighted by Gasteiger charge is 2.19. The summed E-state index contributed by atoms with van der Waals surface area (Å²) in [6, 6.07) is 13.5. The van der Waals surface area contributed by atoms with E-state index >= 15 is 0 Å². The van der Waals surface area contributed by atoms with E-state index in [0.29, 0.717) is 17.1 Å². The molecule has 0 spiro atoms. The lowest BCUT2D eigenvalue weighted by Crippen LogP contribution is -2.40. The quantitative estimate of drug-likeness (QED) is 0.854. The molecule has 5 nitrogen and oxygen atoms in total. The molecule has 7 heteroatoms. The smallest absolute Gasteiger partial charge is 0.242 e. The number of rotatable bonds is 6. The Morgan fingerprint density at radius 3 is 2.42 bits per heavy atom. The van der Waals surface area contributed by atoms with Gasteiger partial charge in [-0.1, -0.05) is 29.8 Å². The van der Waals surface area contributed by atoms with Crippen LogP contribution in [0, 0.1) is 6.92 Å². The maximum atomic E-state index is 12.4. The second-order valence-corrected chi connectivity index (χ2v) is 7.38. The van der Waals surface area contributed by atoms with Gasteiger partial charge in [0, 0.05) is 17.3 Å². The van der Waals surface area contributed by atoms with Crippen LogP contribution in [0.4, 0.5) is 5.69 Å². The molecule has 0 aliphatic rings. The number of nitrogens with zero attached hydrogens (tertiary/aromatic N) is 1. The highest BCUT2D eigenvalue weighted by Crippen LogP contribution is 2.19. The largest absolute Gasteiger partial charge is 0.312 e. The van der Waals surface area contributed by atoms with Gasteiger partial charge in [0.05, 0.1) is 11.4 Å². The fourth-order valence-electron chi connectivity index (χ4n) is 2.23. The van der Waals surface area contributed by atoms with E-state index in [2.05, 4.69) is 4.72 Å². The van der Waals surface area contributed by atoms with Crippen molar-refractivity contribution in [2.45, 2.75) is 18.7 Å². The maximum absolute atomic E-state index is 12.4. The van der Waals surface area contributed by atoms with Crippen LogP contribution in [0.2, 0.25) is 5.02 Å². The summed E-state index contributed by atoms with van der Waals surface area (Å²) in [5.41, 5.74) is 1.39. The second-order valence-electron chi connectivity index (χ2n) is 5.21. The number of sulfonamides is 1. The van der Waals surface area contributed by atoms with Gasteiger partial charge in [-0.25, -0.2) is 13.1 Å². The summed E-state index contributed by atoms with van der Waals surface area (Å²) in [6.07, 6.45) is 0. The van der Waals surface area contributed by atoms with E-state index in [9.17, 15) is 13.2 Å². The molecule has 0 saturated heterocycles. The summed E-state index contributed by atoms with van der Waals surface area (Å²) in [5.74, 6) is -0.321. The molecule has 0 unspecified atom stereocenters. The van der Waals surface area contributed by atoms with E-state index in [1.807, 2.05) is 25.1 Å². The molecule has 0 fully saturated rings.